The van der Waals surface area contributed by atoms with E-state index in [1.54, 1.807) is 0 Å². The molecule has 1 saturated heterocycles. The van der Waals surface area contributed by atoms with Gasteiger partial charge in [0.05, 0.1) is 6.10 Å². The molecular formula is C24H34N2O2. The third kappa shape index (κ3) is 3.73. The van der Waals surface area contributed by atoms with Gasteiger partial charge in [0, 0.05) is 31.2 Å². The smallest absolute Gasteiger partial charge is 0.230 e. The molecule has 3 atom stereocenters. The Labute approximate surface area is 168 Å². The van der Waals surface area contributed by atoms with Gasteiger partial charge >= 0.3 is 0 Å². The van der Waals surface area contributed by atoms with E-state index in [1.807, 2.05) is 4.90 Å². The normalized spacial score (nSPS) is 29.1. The number of aryl methyl sites for hydroxylation is 1. The zero-order chi connectivity index (χ0) is 19.1. The molecule has 1 aromatic carbocycles. The van der Waals surface area contributed by atoms with Gasteiger partial charge in [-0.3, -0.25) is 4.79 Å². The maximum Gasteiger partial charge on any atom is 0.230 e. The number of hydrogen-bond acceptors (Lipinski definition) is 3. The molecule has 2 heterocycles. The first-order valence-electron chi connectivity index (χ1n) is 11.5. The van der Waals surface area contributed by atoms with Gasteiger partial charge in [-0.25, -0.2) is 0 Å². The first-order chi connectivity index (χ1) is 13.7. The number of aliphatic hydroxyl groups is 1. The van der Waals surface area contributed by atoms with Gasteiger partial charge in [0.1, 0.15) is 0 Å². The average molecular weight is 383 g/mol. The molecule has 1 N–H and O–H groups in total. The predicted octanol–water partition coefficient (Wildman–Crippen LogP) is 3.92. The summed E-state index contributed by atoms with van der Waals surface area (Å²) in [6.45, 7) is 3.89. The van der Waals surface area contributed by atoms with E-state index in [1.165, 1.54) is 37.7 Å². The molecule has 4 aliphatic rings. The molecule has 2 aliphatic carbocycles. The topological polar surface area (TPSA) is 43.8 Å². The third-order valence-corrected chi connectivity index (χ3v) is 7.61. The monoisotopic (exact) mass is 382 g/mol. The summed E-state index contributed by atoms with van der Waals surface area (Å²) < 4.78 is 0. The average Bonchev–Trinajstić information content (AvgIpc) is 3.57. The molecule has 2 saturated carbocycles. The summed E-state index contributed by atoms with van der Waals surface area (Å²) in [5.41, 5.74) is 3.34. The Morgan fingerprint density at radius 3 is 2.68 bits per heavy atom. The number of carbonyl (C=O) groups excluding carboxylic acids is 1. The molecule has 28 heavy (non-hydrogen) atoms. The van der Waals surface area contributed by atoms with Crippen LogP contribution in [0, 0.1) is 17.8 Å². The number of carbonyl (C=O) groups is 1. The van der Waals surface area contributed by atoms with Gasteiger partial charge in [-0.15, -0.1) is 0 Å². The van der Waals surface area contributed by atoms with Crippen molar-refractivity contribution in [3.8, 4) is 0 Å². The summed E-state index contributed by atoms with van der Waals surface area (Å²) in [7, 11) is 0. The Morgan fingerprint density at radius 1 is 1.04 bits per heavy atom. The van der Waals surface area contributed by atoms with Crippen molar-refractivity contribution < 1.29 is 9.90 Å². The van der Waals surface area contributed by atoms with Crippen LogP contribution in [0.15, 0.2) is 18.2 Å². The highest BCUT2D eigenvalue weighted by atomic mass is 16.3. The Morgan fingerprint density at radius 2 is 1.86 bits per heavy atom. The Bertz CT molecular complexity index is 729. The highest BCUT2D eigenvalue weighted by molar-refractivity contribution is 5.97. The number of β-amino-alcohol motifs (C(OH)–C–C–N with tert-alkyl or cyclic N) is 1. The highest BCUT2D eigenvalue weighted by Gasteiger charge is 2.36. The van der Waals surface area contributed by atoms with Gasteiger partial charge in [-0.2, -0.15) is 0 Å². The van der Waals surface area contributed by atoms with Crippen LogP contribution in [0.5, 0.6) is 0 Å². The highest BCUT2D eigenvalue weighted by Crippen LogP contribution is 2.38. The van der Waals surface area contributed by atoms with Crippen molar-refractivity contribution in [2.45, 2.75) is 63.9 Å². The minimum atomic E-state index is -0.431. The second kappa shape index (κ2) is 7.79. The van der Waals surface area contributed by atoms with E-state index in [0.29, 0.717) is 5.91 Å². The quantitative estimate of drug-likeness (QED) is 0.858. The summed E-state index contributed by atoms with van der Waals surface area (Å²) in [5.74, 6) is 2.35. The van der Waals surface area contributed by atoms with Crippen molar-refractivity contribution in [2.75, 3.05) is 31.1 Å². The fourth-order valence-corrected chi connectivity index (χ4v) is 5.80. The van der Waals surface area contributed by atoms with Crippen molar-refractivity contribution in [3.63, 3.8) is 0 Å². The molecule has 4 nitrogen and oxygen atoms in total. The number of anilines is 1. The number of aliphatic hydroxyl groups excluding tert-OH is 1. The second-order valence-corrected chi connectivity index (χ2v) is 9.62. The van der Waals surface area contributed by atoms with Crippen LogP contribution in [0.25, 0.3) is 0 Å². The molecule has 1 amide bonds. The van der Waals surface area contributed by atoms with Gasteiger partial charge in [0.25, 0.3) is 0 Å². The van der Waals surface area contributed by atoms with Crippen molar-refractivity contribution in [2.24, 2.45) is 17.8 Å². The maximum absolute atomic E-state index is 12.6. The van der Waals surface area contributed by atoms with Crippen LogP contribution in [0.2, 0.25) is 0 Å². The summed E-state index contributed by atoms with van der Waals surface area (Å²) in [6.07, 6.45) is 10.6. The summed E-state index contributed by atoms with van der Waals surface area (Å²) >= 11 is 0. The van der Waals surface area contributed by atoms with Crippen molar-refractivity contribution >= 4 is 11.6 Å². The van der Waals surface area contributed by atoms with Crippen molar-refractivity contribution in [1.29, 1.82) is 0 Å². The molecule has 0 bridgehead atoms. The van der Waals surface area contributed by atoms with Gasteiger partial charge in [-0.05, 0) is 74.1 Å². The number of rotatable bonds is 4. The Kier molecular flexibility index (Phi) is 5.18. The number of nitrogens with zero attached hydrogens (tertiary/aromatic N) is 2. The fourth-order valence-electron chi connectivity index (χ4n) is 5.80. The molecule has 1 aromatic rings. The van der Waals surface area contributed by atoms with Crippen LogP contribution < -0.4 is 4.90 Å². The van der Waals surface area contributed by atoms with Crippen LogP contribution in [-0.2, 0) is 11.2 Å². The van der Waals surface area contributed by atoms with Gasteiger partial charge in [0.2, 0.25) is 5.91 Å². The van der Waals surface area contributed by atoms with E-state index in [4.69, 9.17) is 0 Å². The molecule has 0 spiro atoms. The van der Waals surface area contributed by atoms with Crippen LogP contribution in [0.1, 0.15) is 68.6 Å². The van der Waals surface area contributed by atoms with Crippen LogP contribution >= 0.6 is 0 Å². The van der Waals surface area contributed by atoms with Gasteiger partial charge in [-0.1, -0.05) is 31.4 Å². The second-order valence-electron chi connectivity index (χ2n) is 9.62. The first-order valence-corrected chi connectivity index (χ1v) is 11.5. The lowest BCUT2D eigenvalue weighted by Crippen LogP contribution is -2.43. The number of likely N-dealkylation sites (tertiary alicyclic amines) is 1. The maximum atomic E-state index is 12.6. The Balaban J connectivity index is 1.25. The number of fused-ring (bicyclic) bond motifs is 2. The number of hydrogen-bond donors (Lipinski definition) is 1. The first kappa shape index (κ1) is 18.6. The lowest BCUT2D eigenvalue weighted by Gasteiger charge is -2.42. The standard InChI is InChI=1S/C24H34N2O2/c27-23(16-25-13-11-17-4-1-2-5-21(17)15-25)20-9-10-22-19(14-20)6-3-12-26(22)24(28)18-7-8-18/h9-10,14,17-18,21,23,27H,1-8,11-13,15-16H2/t17-,21+,23+/m0/s1. The fraction of sp³-hybridized carbons (Fsp3) is 0.708. The molecule has 0 unspecified atom stereocenters. The van der Waals surface area contributed by atoms with E-state index in [9.17, 15) is 9.90 Å². The SMILES string of the molecule is O=C(C1CC1)N1CCCc2cc([C@H](O)CN3CC[C@@H]4CCCC[C@@H]4C3)ccc21. The molecule has 0 radical (unpaired) electrons. The lowest BCUT2D eigenvalue weighted by molar-refractivity contribution is -0.119. The van der Waals surface area contributed by atoms with E-state index in [2.05, 4.69) is 23.1 Å². The van der Waals surface area contributed by atoms with E-state index in [-0.39, 0.29) is 5.92 Å². The van der Waals surface area contributed by atoms with Crippen LogP contribution in [0.3, 0.4) is 0 Å². The molecule has 2 aliphatic heterocycles. The van der Waals surface area contributed by atoms with Crippen LogP contribution in [-0.4, -0.2) is 42.1 Å². The summed E-state index contributed by atoms with van der Waals surface area (Å²) in [6, 6.07) is 6.30. The van der Waals surface area contributed by atoms with Gasteiger partial charge < -0.3 is 14.9 Å². The zero-order valence-electron chi connectivity index (χ0n) is 17.0. The molecule has 5 rings (SSSR count). The third-order valence-electron chi connectivity index (χ3n) is 7.61. The zero-order valence-corrected chi connectivity index (χ0v) is 17.0. The number of amides is 1. The number of benzene rings is 1. The Hall–Kier alpha value is -1.39. The molecule has 152 valence electrons. The minimum absolute atomic E-state index is 0.263. The molecule has 4 heteroatoms. The van der Waals surface area contributed by atoms with E-state index in [0.717, 1.165) is 74.9 Å². The molecular weight excluding hydrogens is 348 g/mol. The van der Waals surface area contributed by atoms with Crippen molar-refractivity contribution in [1.82, 2.24) is 4.90 Å². The summed E-state index contributed by atoms with van der Waals surface area (Å²) in [4.78, 5) is 17.1. The molecule has 0 aromatic heterocycles. The van der Waals surface area contributed by atoms with E-state index < -0.39 is 6.10 Å². The van der Waals surface area contributed by atoms with E-state index >= 15 is 0 Å². The predicted molar refractivity (Wildman–Crippen MR) is 111 cm³/mol. The van der Waals surface area contributed by atoms with Crippen LogP contribution in [0.4, 0.5) is 5.69 Å². The summed E-state index contributed by atoms with van der Waals surface area (Å²) in [5, 5.41) is 10.9. The van der Waals surface area contributed by atoms with Crippen molar-refractivity contribution in [3.05, 3.63) is 29.3 Å². The number of piperidine rings is 1. The minimum Gasteiger partial charge on any atom is -0.387 e. The lowest BCUT2D eigenvalue weighted by atomic mass is 9.75. The molecule has 3 fully saturated rings. The largest absolute Gasteiger partial charge is 0.387 e. The van der Waals surface area contributed by atoms with Gasteiger partial charge in [0.15, 0.2) is 0 Å².